The van der Waals surface area contributed by atoms with Gasteiger partial charge in [-0.1, -0.05) is 30.7 Å². The summed E-state index contributed by atoms with van der Waals surface area (Å²) in [6, 6.07) is 13.5. The Morgan fingerprint density at radius 3 is 1.48 bits per heavy atom. The van der Waals surface area contributed by atoms with Crippen molar-refractivity contribution in [2.45, 2.75) is 25.3 Å². The maximum absolute atomic E-state index is 13.4. The average molecular weight is 371 g/mol. The van der Waals surface area contributed by atoms with Crippen LogP contribution in [0.4, 0.5) is 8.78 Å². The maximum atomic E-state index is 13.4. The summed E-state index contributed by atoms with van der Waals surface area (Å²) in [6.07, 6.45) is 3.91. The molecule has 27 heavy (non-hydrogen) atoms. The minimum atomic E-state index is -0.230. The first-order valence-corrected chi connectivity index (χ1v) is 9.95. The van der Waals surface area contributed by atoms with Gasteiger partial charge in [-0.15, -0.1) is 0 Å². The zero-order valence-corrected chi connectivity index (χ0v) is 15.7. The van der Waals surface area contributed by atoms with Gasteiger partial charge in [-0.05, 0) is 48.2 Å². The van der Waals surface area contributed by atoms with Crippen LogP contribution in [0.3, 0.4) is 0 Å². The molecular formula is C22H27F2N3. The molecule has 0 aliphatic carbocycles. The van der Waals surface area contributed by atoms with Crippen molar-refractivity contribution in [1.82, 2.24) is 14.9 Å². The summed E-state index contributed by atoms with van der Waals surface area (Å²) in [6.45, 7) is 6.21. The van der Waals surface area contributed by atoms with Crippen LogP contribution in [0.1, 0.15) is 36.4 Å². The lowest BCUT2D eigenvalue weighted by Crippen LogP contribution is -2.55. The molecule has 0 bridgehead atoms. The van der Waals surface area contributed by atoms with Crippen molar-refractivity contribution >= 4 is 0 Å². The molecule has 0 radical (unpaired) electrons. The number of hydrazine groups is 1. The van der Waals surface area contributed by atoms with E-state index in [4.69, 9.17) is 0 Å². The molecule has 144 valence electrons. The van der Waals surface area contributed by atoms with E-state index in [1.807, 2.05) is 24.3 Å². The van der Waals surface area contributed by atoms with Crippen molar-refractivity contribution in [3.63, 3.8) is 0 Å². The highest BCUT2D eigenvalue weighted by atomic mass is 19.1. The summed E-state index contributed by atoms with van der Waals surface area (Å²) >= 11 is 0. The van der Waals surface area contributed by atoms with Crippen LogP contribution in [0.15, 0.2) is 48.5 Å². The van der Waals surface area contributed by atoms with Crippen molar-refractivity contribution in [3.05, 3.63) is 71.3 Å². The fourth-order valence-corrected chi connectivity index (χ4v) is 4.32. The van der Waals surface area contributed by atoms with E-state index in [2.05, 4.69) is 14.9 Å². The third kappa shape index (κ3) is 4.37. The summed E-state index contributed by atoms with van der Waals surface area (Å²) < 4.78 is 26.9. The van der Waals surface area contributed by atoms with Crippen LogP contribution in [0.25, 0.3) is 0 Å². The predicted octanol–water partition coefficient (Wildman–Crippen LogP) is 4.07. The molecule has 0 amide bonds. The van der Waals surface area contributed by atoms with Gasteiger partial charge in [-0.25, -0.2) is 18.8 Å². The van der Waals surface area contributed by atoms with Crippen molar-refractivity contribution in [2.24, 2.45) is 0 Å². The fourth-order valence-electron chi connectivity index (χ4n) is 4.32. The van der Waals surface area contributed by atoms with E-state index >= 15 is 0 Å². The van der Waals surface area contributed by atoms with Gasteiger partial charge in [0.1, 0.15) is 11.6 Å². The van der Waals surface area contributed by atoms with Gasteiger partial charge in [0.15, 0.2) is 0 Å². The van der Waals surface area contributed by atoms with E-state index in [0.717, 1.165) is 37.3 Å². The van der Waals surface area contributed by atoms with E-state index in [9.17, 15) is 8.78 Å². The van der Waals surface area contributed by atoms with Gasteiger partial charge in [0.05, 0.1) is 6.04 Å². The molecule has 2 aromatic rings. The third-order valence-electron chi connectivity index (χ3n) is 5.76. The van der Waals surface area contributed by atoms with Crippen LogP contribution in [0, 0.1) is 11.6 Å². The Kier molecular flexibility index (Phi) is 5.81. The third-order valence-corrected chi connectivity index (χ3v) is 5.76. The second-order valence-electron chi connectivity index (χ2n) is 7.51. The van der Waals surface area contributed by atoms with Crippen LogP contribution in [-0.2, 0) is 0 Å². The monoisotopic (exact) mass is 371 g/mol. The summed E-state index contributed by atoms with van der Waals surface area (Å²) in [7, 11) is 0. The summed E-state index contributed by atoms with van der Waals surface area (Å²) in [5, 5.41) is 4.99. The molecule has 0 saturated carbocycles. The lowest BCUT2D eigenvalue weighted by Gasteiger charge is -2.45. The van der Waals surface area contributed by atoms with Gasteiger partial charge in [-0.2, -0.15) is 0 Å². The normalized spacial score (nSPS) is 20.3. The summed E-state index contributed by atoms with van der Waals surface area (Å²) in [5.74, 6) is -0.460. The standard InChI is InChI=1S/C22H27F2N3/c23-20-8-4-18(5-9-20)22(19-6-10-21(24)11-7-19)25-14-16-27(17-15-25)26-12-2-1-3-13-26/h4-11,22H,1-3,12-17H2. The number of halogens is 2. The van der Waals surface area contributed by atoms with E-state index in [1.54, 1.807) is 0 Å². The summed E-state index contributed by atoms with van der Waals surface area (Å²) in [4.78, 5) is 2.43. The summed E-state index contributed by atoms with van der Waals surface area (Å²) in [5.41, 5.74) is 2.10. The molecule has 2 aliphatic rings. The van der Waals surface area contributed by atoms with Gasteiger partial charge < -0.3 is 0 Å². The molecule has 0 unspecified atom stereocenters. The van der Waals surface area contributed by atoms with Gasteiger partial charge >= 0.3 is 0 Å². The lowest BCUT2D eigenvalue weighted by atomic mass is 9.96. The molecule has 2 saturated heterocycles. The Morgan fingerprint density at radius 1 is 0.556 bits per heavy atom. The van der Waals surface area contributed by atoms with Crippen molar-refractivity contribution in [1.29, 1.82) is 0 Å². The van der Waals surface area contributed by atoms with Gasteiger partial charge in [-0.3, -0.25) is 4.90 Å². The second-order valence-corrected chi connectivity index (χ2v) is 7.51. The van der Waals surface area contributed by atoms with Crippen LogP contribution in [-0.4, -0.2) is 54.2 Å². The average Bonchev–Trinajstić information content (AvgIpc) is 2.72. The van der Waals surface area contributed by atoms with Crippen molar-refractivity contribution < 1.29 is 8.78 Å². The van der Waals surface area contributed by atoms with Crippen LogP contribution >= 0.6 is 0 Å². The maximum Gasteiger partial charge on any atom is 0.123 e. The van der Waals surface area contributed by atoms with Crippen LogP contribution < -0.4 is 0 Å². The molecule has 2 aromatic carbocycles. The minimum Gasteiger partial charge on any atom is -0.290 e. The minimum absolute atomic E-state index is 0.0229. The van der Waals surface area contributed by atoms with Crippen LogP contribution in [0.5, 0.6) is 0 Å². The highest BCUT2D eigenvalue weighted by Crippen LogP contribution is 2.30. The number of rotatable bonds is 4. The number of hydrogen-bond acceptors (Lipinski definition) is 3. The number of nitrogens with zero attached hydrogens (tertiary/aromatic N) is 3. The molecule has 5 heteroatoms. The smallest absolute Gasteiger partial charge is 0.123 e. The first-order chi connectivity index (χ1) is 13.2. The number of hydrogen-bond donors (Lipinski definition) is 0. The van der Waals surface area contributed by atoms with Gasteiger partial charge in [0.25, 0.3) is 0 Å². The molecule has 2 fully saturated rings. The number of benzene rings is 2. The molecule has 0 N–H and O–H groups in total. The molecule has 2 aliphatic heterocycles. The quantitative estimate of drug-likeness (QED) is 0.802. The zero-order valence-electron chi connectivity index (χ0n) is 15.7. The zero-order chi connectivity index (χ0) is 18.6. The van der Waals surface area contributed by atoms with E-state index in [0.29, 0.717) is 0 Å². The largest absolute Gasteiger partial charge is 0.290 e. The molecule has 0 atom stereocenters. The van der Waals surface area contributed by atoms with Crippen molar-refractivity contribution in [2.75, 3.05) is 39.3 Å². The number of piperidine rings is 1. The molecular weight excluding hydrogens is 344 g/mol. The first kappa shape index (κ1) is 18.5. The first-order valence-electron chi connectivity index (χ1n) is 9.95. The molecule has 0 spiro atoms. The van der Waals surface area contributed by atoms with E-state index < -0.39 is 0 Å². The Labute approximate surface area is 160 Å². The Hall–Kier alpha value is -1.82. The molecule has 3 nitrogen and oxygen atoms in total. The second kappa shape index (κ2) is 8.46. The highest BCUT2D eigenvalue weighted by molar-refractivity contribution is 5.32. The highest BCUT2D eigenvalue weighted by Gasteiger charge is 2.29. The fraction of sp³-hybridized carbons (Fsp3) is 0.455. The van der Waals surface area contributed by atoms with Crippen molar-refractivity contribution in [3.8, 4) is 0 Å². The Morgan fingerprint density at radius 2 is 1.00 bits per heavy atom. The lowest BCUT2D eigenvalue weighted by molar-refractivity contribution is -0.0722. The molecule has 0 aromatic heterocycles. The predicted molar refractivity (Wildman–Crippen MR) is 103 cm³/mol. The van der Waals surface area contributed by atoms with Gasteiger partial charge in [0.2, 0.25) is 0 Å². The molecule has 4 rings (SSSR count). The van der Waals surface area contributed by atoms with Crippen LogP contribution in [0.2, 0.25) is 0 Å². The SMILES string of the molecule is Fc1ccc(C(c2ccc(F)cc2)N2CCN(N3CCCCC3)CC2)cc1. The number of piperazine rings is 1. The Balaban J connectivity index is 1.52. The molecule has 2 heterocycles. The van der Waals surface area contributed by atoms with E-state index in [-0.39, 0.29) is 17.7 Å². The topological polar surface area (TPSA) is 9.72 Å². The van der Waals surface area contributed by atoms with Gasteiger partial charge in [0, 0.05) is 39.3 Å². The van der Waals surface area contributed by atoms with E-state index in [1.165, 1.54) is 56.6 Å². The Bertz CT molecular complexity index is 673.